The predicted octanol–water partition coefficient (Wildman–Crippen LogP) is 2.80. The van der Waals surface area contributed by atoms with Crippen LogP contribution >= 0.6 is 0 Å². The number of nitrogens with zero attached hydrogens (tertiary/aromatic N) is 2. The monoisotopic (exact) mass is 207 g/mol. The molecule has 2 rings (SSSR count). The molecule has 0 amide bonds. The topological polar surface area (TPSA) is 29.9 Å². The first kappa shape index (κ1) is 10.5. The van der Waals surface area contributed by atoms with E-state index in [1.807, 2.05) is 24.1 Å². The summed E-state index contributed by atoms with van der Waals surface area (Å²) in [6.45, 7) is 1.09. The first-order valence-electron chi connectivity index (χ1n) is 6.07. The quantitative estimate of drug-likeness (QED) is 0.822. The summed E-state index contributed by atoms with van der Waals surface area (Å²) in [5.41, 5.74) is 1.15. The van der Waals surface area contributed by atoms with Gasteiger partial charge in [0, 0.05) is 19.8 Å². The highest BCUT2D eigenvalue weighted by Crippen LogP contribution is 2.26. The van der Waals surface area contributed by atoms with Gasteiger partial charge in [0.1, 0.15) is 0 Å². The maximum Gasteiger partial charge on any atom is 0.0726 e. The first-order valence-corrected chi connectivity index (χ1v) is 6.07. The molecule has 84 valence electrons. The van der Waals surface area contributed by atoms with Crippen molar-refractivity contribution in [1.82, 2.24) is 9.78 Å². The van der Waals surface area contributed by atoms with E-state index in [0.717, 1.165) is 18.2 Å². The standard InChI is InChI=1S/C12H21N3/c1-15-10-12(9-14-15)13-8-7-11-5-3-2-4-6-11/h9-11,13H,2-8H2,1H3. The summed E-state index contributed by atoms with van der Waals surface area (Å²) in [4.78, 5) is 0. The average molecular weight is 207 g/mol. The lowest BCUT2D eigenvalue weighted by molar-refractivity contribution is 0.345. The number of aryl methyl sites for hydroxylation is 1. The zero-order valence-corrected chi connectivity index (χ0v) is 9.58. The van der Waals surface area contributed by atoms with Crippen LogP contribution in [0.3, 0.4) is 0 Å². The number of nitrogens with one attached hydrogen (secondary N) is 1. The lowest BCUT2D eigenvalue weighted by Gasteiger charge is -2.21. The Bertz CT molecular complexity index is 287. The fourth-order valence-electron chi connectivity index (χ4n) is 2.41. The van der Waals surface area contributed by atoms with Crippen LogP contribution in [0.4, 0.5) is 5.69 Å². The molecule has 0 aromatic carbocycles. The summed E-state index contributed by atoms with van der Waals surface area (Å²) in [5, 5.41) is 7.57. The highest BCUT2D eigenvalue weighted by atomic mass is 15.3. The Labute approximate surface area is 91.9 Å². The van der Waals surface area contributed by atoms with Crippen molar-refractivity contribution in [2.24, 2.45) is 13.0 Å². The Kier molecular flexibility index (Phi) is 3.64. The predicted molar refractivity (Wildman–Crippen MR) is 62.9 cm³/mol. The minimum Gasteiger partial charge on any atom is -0.383 e. The van der Waals surface area contributed by atoms with Gasteiger partial charge in [-0.05, 0) is 12.3 Å². The van der Waals surface area contributed by atoms with Crippen LogP contribution in [-0.2, 0) is 7.05 Å². The summed E-state index contributed by atoms with van der Waals surface area (Å²) in [5.74, 6) is 0.961. The van der Waals surface area contributed by atoms with Gasteiger partial charge in [-0.2, -0.15) is 5.10 Å². The molecule has 0 bridgehead atoms. The van der Waals surface area contributed by atoms with Crippen LogP contribution < -0.4 is 5.32 Å². The summed E-state index contributed by atoms with van der Waals surface area (Å²) in [6.07, 6.45) is 12.4. The minimum absolute atomic E-state index is 0.961. The van der Waals surface area contributed by atoms with Crippen molar-refractivity contribution in [3.8, 4) is 0 Å². The van der Waals surface area contributed by atoms with Crippen LogP contribution in [0.15, 0.2) is 12.4 Å². The molecule has 1 aliphatic carbocycles. The SMILES string of the molecule is Cn1cc(NCCC2CCCCC2)cn1. The molecule has 1 saturated carbocycles. The average Bonchev–Trinajstić information content (AvgIpc) is 2.66. The van der Waals surface area contributed by atoms with E-state index in [1.54, 1.807) is 0 Å². The third-order valence-electron chi connectivity index (χ3n) is 3.31. The van der Waals surface area contributed by atoms with Gasteiger partial charge in [-0.3, -0.25) is 4.68 Å². The Morgan fingerprint density at radius 3 is 2.87 bits per heavy atom. The van der Waals surface area contributed by atoms with Gasteiger partial charge in [0.15, 0.2) is 0 Å². The van der Waals surface area contributed by atoms with Crippen molar-refractivity contribution in [2.45, 2.75) is 38.5 Å². The molecule has 0 radical (unpaired) electrons. The van der Waals surface area contributed by atoms with Crippen molar-refractivity contribution in [1.29, 1.82) is 0 Å². The van der Waals surface area contributed by atoms with Gasteiger partial charge in [-0.1, -0.05) is 32.1 Å². The Morgan fingerprint density at radius 1 is 1.40 bits per heavy atom. The molecular weight excluding hydrogens is 186 g/mol. The molecule has 1 aromatic heterocycles. The fourth-order valence-corrected chi connectivity index (χ4v) is 2.41. The van der Waals surface area contributed by atoms with Gasteiger partial charge in [0.2, 0.25) is 0 Å². The van der Waals surface area contributed by atoms with E-state index < -0.39 is 0 Å². The van der Waals surface area contributed by atoms with Crippen LogP contribution in [0.5, 0.6) is 0 Å². The molecule has 1 heterocycles. The lowest BCUT2D eigenvalue weighted by Crippen LogP contribution is -2.11. The molecule has 0 saturated heterocycles. The molecule has 0 aliphatic heterocycles. The van der Waals surface area contributed by atoms with E-state index in [0.29, 0.717) is 0 Å². The van der Waals surface area contributed by atoms with Gasteiger partial charge in [0.05, 0.1) is 11.9 Å². The molecule has 1 fully saturated rings. The summed E-state index contributed by atoms with van der Waals surface area (Å²) in [7, 11) is 1.95. The molecule has 15 heavy (non-hydrogen) atoms. The van der Waals surface area contributed by atoms with E-state index in [9.17, 15) is 0 Å². The largest absolute Gasteiger partial charge is 0.383 e. The third-order valence-corrected chi connectivity index (χ3v) is 3.31. The maximum atomic E-state index is 4.14. The van der Waals surface area contributed by atoms with Crippen molar-refractivity contribution >= 4 is 5.69 Å². The van der Waals surface area contributed by atoms with Gasteiger partial charge in [-0.25, -0.2) is 0 Å². The summed E-state index contributed by atoms with van der Waals surface area (Å²) < 4.78 is 1.84. The highest BCUT2D eigenvalue weighted by Gasteiger charge is 2.12. The van der Waals surface area contributed by atoms with Crippen LogP contribution in [0.25, 0.3) is 0 Å². The van der Waals surface area contributed by atoms with Crippen LogP contribution in [-0.4, -0.2) is 16.3 Å². The number of hydrogen-bond acceptors (Lipinski definition) is 2. The van der Waals surface area contributed by atoms with Crippen molar-refractivity contribution in [3.63, 3.8) is 0 Å². The van der Waals surface area contributed by atoms with Gasteiger partial charge < -0.3 is 5.32 Å². The van der Waals surface area contributed by atoms with E-state index in [1.165, 1.54) is 38.5 Å². The molecule has 1 aromatic rings. The molecule has 0 unspecified atom stereocenters. The van der Waals surface area contributed by atoms with Gasteiger partial charge in [-0.15, -0.1) is 0 Å². The fraction of sp³-hybridized carbons (Fsp3) is 0.750. The van der Waals surface area contributed by atoms with Crippen molar-refractivity contribution in [2.75, 3.05) is 11.9 Å². The lowest BCUT2D eigenvalue weighted by atomic mass is 9.87. The highest BCUT2D eigenvalue weighted by molar-refractivity contribution is 5.37. The van der Waals surface area contributed by atoms with Crippen LogP contribution in [0, 0.1) is 5.92 Å². The van der Waals surface area contributed by atoms with Crippen LogP contribution in [0.2, 0.25) is 0 Å². The van der Waals surface area contributed by atoms with E-state index in [2.05, 4.69) is 10.4 Å². The maximum absolute atomic E-state index is 4.14. The smallest absolute Gasteiger partial charge is 0.0726 e. The minimum atomic E-state index is 0.961. The van der Waals surface area contributed by atoms with E-state index in [4.69, 9.17) is 0 Å². The Balaban J connectivity index is 1.65. The zero-order chi connectivity index (χ0) is 10.5. The molecule has 0 atom stereocenters. The van der Waals surface area contributed by atoms with Crippen molar-refractivity contribution in [3.05, 3.63) is 12.4 Å². The zero-order valence-electron chi connectivity index (χ0n) is 9.58. The van der Waals surface area contributed by atoms with Crippen molar-refractivity contribution < 1.29 is 0 Å². The molecular formula is C12H21N3. The summed E-state index contributed by atoms with van der Waals surface area (Å²) in [6, 6.07) is 0. The Morgan fingerprint density at radius 2 is 2.20 bits per heavy atom. The second kappa shape index (κ2) is 5.19. The Hall–Kier alpha value is -0.990. The number of hydrogen-bond donors (Lipinski definition) is 1. The third kappa shape index (κ3) is 3.26. The summed E-state index contributed by atoms with van der Waals surface area (Å²) >= 11 is 0. The first-order chi connectivity index (χ1) is 7.34. The normalized spacial score (nSPS) is 17.9. The molecule has 3 nitrogen and oxygen atoms in total. The van der Waals surface area contributed by atoms with Gasteiger partial charge >= 0.3 is 0 Å². The van der Waals surface area contributed by atoms with Crippen LogP contribution in [0.1, 0.15) is 38.5 Å². The second-order valence-corrected chi connectivity index (χ2v) is 4.62. The molecule has 1 aliphatic rings. The van der Waals surface area contributed by atoms with E-state index >= 15 is 0 Å². The number of anilines is 1. The molecule has 1 N–H and O–H groups in total. The van der Waals surface area contributed by atoms with E-state index in [-0.39, 0.29) is 0 Å². The molecule has 3 heteroatoms. The number of rotatable bonds is 4. The second-order valence-electron chi connectivity index (χ2n) is 4.62. The molecule has 0 spiro atoms. The van der Waals surface area contributed by atoms with Gasteiger partial charge in [0.25, 0.3) is 0 Å². The number of aromatic nitrogens is 2.